The minimum absolute atomic E-state index is 0.169. The van der Waals surface area contributed by atoms with Crippen LogP contribution in [0.15, 0.2) is 29.4 Å². The maximum atomic E-state index is 11.8. The second kappa shape index (κ2) is 7.09. The van der Waals surface area contributed by atoms with Crippen LogP contribution in [-0.4, -0.2) is 28.5 Å². The number of carbonyl (C=O) groups excluding carboxylic acids is 1. The molecule has 2 rings (SSSR count). The summed E-state index contributed by atoms with van der Waals surface area (Å²) < 4.78 is 1.71. The van der Waals surface area contributed by atoms with Crippen molar-refractivity contribution in [2.24, 2.45) is 12.2 Å². The van der Waals surface area contributed by atoms with Crippen molar-refractivity contribution in [3.05, 3.63) is 46.2 Å². The quantitative estimate of drug-likeness (QED) is 0.680. The highest BCUT2D eigenvalue weighted by Crippen LogP contribution is 2.17. The van der Waals surface area contributed by atoms with Gasteiger partial charge >= 0.3 is 0 Å². The first-order chi connectivity index (χ1) is 10.5. The van der Waals surface area contributed by atoms with E-state index >= 15 is 0 Å². The molecule has 0 saturated carbocycles. The fourth-order valence-corrected chi connectivity index (χ4v) is 2.00. The van der Waals surface area contributed by atoms with E-state index in [0.29, 0.717) is 10.7 Å². The zero-order valence-electron chi connectivity index (χ0n) is 12.6. The summed E-state index contributed by atoms with van der Waals surface area (Å²) in [7, 11) is 1.82. The summed E-state index contributed by atoms with van der Waals surface area (Å²) in [5.74, 6) is -0.285. The van der Waals surface area contributed by atoms with Crippen LogP contribution in [-0.2, 0) is 16.7 Å². The minimum Gasteiger partial charge on any atom is -0.386 e. The summed E-state index contributed by atoms with van der Waals surface area (Å²) in [5.41, 5.74) is 3.19. The Hall–Kier alpha value is -2.34. The summed E-state index contributed by atoms with van der Waals surface area (Å²) in [5, 5.41) is 11.4. The van der Waals surface area contributed by atoms with Crippen molar-refractivity contribution in [3.8, 4) is 0 Å². The first-order valence-electron chi connectivity index (χ1n) is 6.68. The average Bonchev–Trinajstić information content (AvgIpc) is 2.72. The Bertz CT molecular complexity index is 692. The van der Waals surface area contributed by atoms with Gasteiger partial charge < -0.3 is 10.2 Å². The predicted octanol–water partition coefficient (Wildman–Crippen LogP) is 2.68. The minimum atomic E-state index is -0.285. The molecule has 0 aliphatic heterocycles. The van der Waals surface area contributed by atoms with Gasteiger partial charge in [-0.15, -0.1) is 0 Å². The van der Waals surface area contributed by atoms with Gasteiger partial charge in [0.05, 0.1) is 23.3 Å². The second-order valence-corrected chi connectivity index (χ2v) is 5.21. The van der Waals surface area contributed by atoms with Crippen molar-refractivity contribution in [1.82, 2.24) is 9.78 Å². The summed E-state index contributed by atoms with van der Waals surface area (Å²) in [6.45, 7) is 3.55. The van der Waals surface area contributed by atoms with Crippen LogP contribution in [0.4, 0.5) is 5.69 Å². The molecule has 6 nitrogen and oxygen atoms in total. The molecule has 0 spiro atoms. The fourth-order valence-electron chi connectivity index (χ4n) is 1.87. The van der Waals surface area contributed by atoms with Crippen LogP contribution < -0.4 is 5.32 Å². The number of rotatable bonds is 5. The molecule has 0 radical (unpaired) electrons. The number of hydrogen-bond donors (Lipinski definition) is 1. The molecule has 0 bridgehead atoms. The smallest absolute Gasteiger partial charge is 0.265 e. The number of oxime groups is 1. The van der Waals surface area contributed by atoms with E-state index in [1.54, 1.807) is 28.9 Å². The maximum absolute atomic E-state index is 11.8. The predicted molar refractivity (Wildman–Crippen MR) is 86.3 cm³/mol. The molecule has 1 N–H and O–H groups in total. The number of carbonyl (C=O) groups is 1. The molecule has 7 heteroatoms. The van der Waals surface area contributed by atoms with E-state index < -0.39 is 0 Å². The van der Waals surface area contributed by atoms with Gasteiger partial charge in [0, 0.05) is 12.1 Å². The lowest BCUT2D eigenvalue weighted by Crippen LogP contribution is -2.18. The first-order valence-corrected chi connectivity index (χ1v) is 7.06. The van der Waals surface area contributed by atoms with Crippen LogP contribution in [0.25, 0.3) is 0 Å². The standard InChI is InChI=1S/C15H17ClN4O2/c1-10-15(11(2)20(3)19-10)18-14(21)9-22-17-8-12-4-6-13(16)7-5-12/h4-8H,9H2,1-3H3,(H,18,21)/b17-8-. The average molecular weight is 321 g/mol. The second-order valence-electron chi connectivity index (χ2n) is 4.78. The van der Waals surface area contributed by atoms with Gasteiger partial charge in [-0.25, -0.2) is 0 Å². The van der Waals surface area contributed by atoms with Gasteiger partial charge in [-0.1, -0.05) is 28.9 Å². The number of amides is 1. The van der Waals surface area contributed by atoms with Gasteiger partial charge in [0.2, 0.25) is 0 Å². The van der Waals surface area contributed by atoms with E-state index in [9.17, 15) is 4.79 Å². The Morgan fingerprint density at radius 1 is 1.41 bits per heavy atom. The summed E-state index contributed by atoms with van der Waals surface area (Å²) >= 11 is 5.78. The number of anilines is 1. The third-order valence-corrected chi connectivity index (χ3v) is 3.37. The molecule has 2 aromatic rings. The topological polar surface area (TPSA) is 68.5 Å². The highest BCUT2D eigenvalue weighted by molar-refractivity contribution is 6.30. The summed E-state index contributed by atoms with van der Waals surface area (Å²) in [4.78, 5) is 16.8. The third kappa shape index (κ3) is 4.08. The van der Waals surface area contributed by atoms with Gasteiger partial charge in [-0.2, -0.15) is 5.10 Å². The number of aryl methyl sites for hydroxylation is 2. The third-order valence-electron chi connectivity index (χ3n) is 3.12. The maximum Gasteiger partial charge on any atom is 0.265 e. The van der Waals surface area contributed by atoms with Gasteiger partial charge in [0.25, 0.3) is 5.91 Å². The molecule has 1 aromatic heterocycles. The van der Waals surface area contributed by atoms with E-state index in [1.165, 1.54) is 6.21 Å². The van der Waals surface area contributed by atoms with E-state index in [2.05, 4.69) is 15.6 Å². The first kappa shape index (κ1) is 16.0. The van der Waals surface area contributed by atoms with Crippen LogP contribution in [0, 0.1) is 13.8 Å². The van der Waals surface area contributed by atoms with Crippen molar-refractivity contribution in [1.29, 1.82) is 0 Å². The van der Waals surface area contributed by atoms with Gasteiger partial charge in [-0.05, 0) is 31.5 Å². The lowest BCUT2D eigenvalue weighted by molar-refractivity contribution is -0.120. The lowest BCUT2D eigenvalue weighted by Gasteiger charge is -2.04. The molecular weight excluding hydrogens is 304 g/mol. The Morgan fingerprint density at radius 2 is 2.09 bits per heavy atom. The van der Waals surface area contributed by atoms with Crippen molar-refractivity contribution in [2.75, 3.05) is 11.9 Å². The molecule has 0 saturated heterocycles. The van der Waals surface area contributed by atoms with Crippen molar-refractivity contribution < 1.29 is 9.63 Å². The molecule has 0 aliphatic rings. The molecule has 0 aliphatic carbocycles. The number of hydrogen-bond acceptors (Lipinski definition) is 4. The van der Waals surface area contributed by atoms with E-state index in [0.717, 1.165) is 17.0 Å². The molecule has 1 heterocycles. The largest absolute Gasteiger partial charge is 0.386 e. The normalized spacial score (nSPS) is 10.9. The van der Waals surface area contributed by atoms with Crippen LogP contribution in [0.3, 0.4) is 0 Å². The van der Waals surface area contributed by atoms with Crippen LogP contribution in [0.1, 0.15) is 17.0 Å². The SMILES string of the molecule is Cc1nn(C)c(C)c1NC(=O)CO/N=C\c1ccc(Cl)cc1. The number of benzene rings is 1. The van der Waals surface area contributed by atoms with Crippen LogP contribution in [0.5, 0.6) is 0 Å². The number of nitrogens with zero attached hydrogens (tertiary/aromatic N) is 3. The Kier molecular flexibility index (Phi) is 5.16. The molecule has 0 fully saturated rings. The summed E-state index contributed by atoms with van der Waals surface area (Å²) in [6.07, 6.45) is 1.52. The van der Waals surface area contributed by atoms with E-state index in [-0.39, 0.29) is 12.5 Å². The van der Waals surface area contributed by atoms with Gasteiger partial charge in [-0.3, -0.25) is 9.48 Å². The van der Waals surface area contributed by atoms with Gasteiger partial charge in [0.15, 0.2) is 6.61 Å². The Labute approximate surface area is 133 Å². The molecule has 1 aromatic carbocycles. The van der Waals surface area contributed by atoms with Crippen LogP contribution >= 0.6 is 11.6 Å². The molecule has 0 unspecified atom stereocenters. The zero-order valence-corrected chi connectivity index (χ0v) is 13.4. The monoisotopic (exact) mass is 320 g/mol. The number of aromatic nitrogens is 2. The van der Waals surface area contributed by atoms with Gasteiger partial charge in [0.1, 0.15) is 0 Å². The Balaban J connectivity index is 1.84. The lowest BCUT2D eigenvalue weighted by atomic mass is 10.2. The van der Waals surface area contributed by atoms with Crippen molar-refractivity contribution >= 4 is 29.4 Å². The molecule has 116 valence electrons. The van der Waals surface area contributed by atoms with Crippen LogP contribution in [0.2, 0.25) is 5.02 Å². The summed E-state index contributed by atoms with van der Waals surface area (Å²) in [6, 6.07) is 7.11. The highest BCUT2D eigenvalue weighted by Gasteiger charge is 2.12. The van der Waals surface area contributed by atoms with E-state index in [4.69, 9.17) is 16.4 Å². The highest BCUT2D eigenvalue weighted by atomic mass is 35.5. The van der Waals surface area contributed by atoms with Crippen molar-refractivity contribution in [3.63, 3.8) is 0 Å². The fraction of sp³-hybridized carbons (Fsp3) is 0.267. The zero-order chi connectivity index (χ0) is 16.1. The van der Waals surface area contributed by atoms with E-state index in [1.807, 2.05) is 20.9 Å². The molecule has 0 atom stereocenters. The molecule has 22 heavy (non-hydrogen) atoms. The molecule has 1 amide bonds. The molecular formula is C15H17ClN4O2. The number of halogens is 1. The Morgan fingerprint density at radius 3 is 2.68 bits per heavy atom. The number of nitrogens with one attached hydrogen (secondary N) is 1. The van der Waals surface area contributed by atoms with Crippen molar-refractivity contribution in [2.45, 2.75) is 13.8 Å².